The highest BCUT2D eigenvalue weighted by atomic mass is 32.2. The Labute approximate surface area is 310 Å². The topological polar surface area (TPSA) is 82.6 Å². The van der Waals surface area contributed by atoms with Gasteiger partial charge in [-0.1, -0.05) is 18.6 Å². The summed E-state index contributed by atoms with van der Waals surface area (Å²) in [5, 5.41) is -0.307. The Kier molecular flexibility index (Phi) is 11.4. The molecule has 4 aliphatic heterocycles. The van der Waals surface area contributed by atoms with Crippen LogP contribution in [0, 0.1) is 23.6 Å². The van der Waals surface area contributed by atoms with Crippen molar-refractivity contribution in [2.24, 2.45) is 17.8 Å². The van der Waals surface area contributed by atoms with Gasteiger partial charge < -0.3 is 29.1 Å². The van der Waals surface area contributed by atoms with Crippen LogP contribution in [0.5, 0.6) is 0 Å². The number of hydrogen-bond donors (Lipinski definition) is 0. The third-order valence-corrected chi connectivity index (χ3v) is 15.9. The van der Waals surface area contributed by atoms with Crippen LogP contribution in [0.3, 0.4) is 0 Å². The maximum Gasteiger partial charge on any atom is 0.305 e. The van der Waals surface area contributed by atoms with Gasteiger partial charge in [0.2, 0.25) is 0 Å². The Bertz CT molecular complexity index is 1630. The molecule has 2 aromatic carbocycles. The molecular formula is C41H59FN4O5S. The third kappa shape index (κ3) is 7.54. The largest absolute Gasteiger partial charge is 0.469 e. The molecule has 0 bridgehead atoms. The molecule has 7 rings (SSSR count). The molecule has 286 valence electrons. The first-order valence-corrected chi connectivity index (χ1v) is 21.2. The number of ether oxygens (including phenoxy) is 2. The lowest BCUT2D eigenvalue weighted by Gasteiger charge is -2.55. The van der Waals surface area contributed by atoms with Gasteiger partial charge in [-0.2, -0.15) is 0 Å². The van der Waals surface area contributed by atoms with Crippen molar-refractivity contribution in [3.05, 3.63) is 59.9 Å². The molecule has 0 aromatic heterocycles. The number of carbonyl (C=O) groups excluding carboxylic acids is 1. The first-order valence-electron chi connectivity index (χ1n) is 19.7. The quantitative estimate of drug-likeness (QED) is 0.257. The zero-order valence-corrected chi connectivity index (χ0v) is 32.3. The van der Waals surface area contributed by atoms with Gasteiger partial charge in [0.15, 0.2) is 9.84 Å². The Morgan fingerprint density at radius 3 is 2.21 bits per heavy atom. The van der Waals surface area contributed by atoms with E-state index in [0.717, 1.165) is 109 Å². The first-order chi connectivity index (χ1) is 25.0. The Morgan fingerprint density at radius 2 is 1.60 bits per heavy atom. The maximum atomic E-state index is 15.1. The Hall–Kier alpha value is -2.57. The van der Waals surface area contributed by atoms with Crippen LogP contribution in [0.4, 0.5) is 10.1 Å². The predicted molar refractivity (Wildman–Crippen MR) is 202 cm³/mol. The Balaban J connectivity index is 1.03. The number of esters is 1. The lowest BCUT2D eigenvalue weighted by Crippen LogP contribution is -2.68. The van der Waals surface area contributed by atoms with Crippen LogP contribution >= 0.6 is 0 Å². The molecule has 1 aliphatic carbocycles. The van der Waals surface area contributed by atoms with Crippen LogP contribution in [-0.2, 0) is 29.5 Å². The lowest BCUT2D eigenvalue weighted by molar-refractivity contribution is -0.142. The van der Waals surface area contributed by atoms with Crippen LogP contribution in [0.1, 0.15) is 63.4 Å². The summed E-state index contributed by atoms with van der Waals surface area (Å²) in [4.78, 5) is 22.6. The molecule has 5 aliphatic rings. The maximum absolute atomic E-state index is 15.1. The summed E-state index contributed by atoms with van der Waals surface area (Å²) >= 11 is 0. The summed E-state index contributed by atoms with van der Waals surface area (Å²) in [5.41, 5.74) is 1.61. The van der Waals surface area contributed by atoms with E-state index in [0.29, 0.717) is 36.0 Å². The van der Waals surface area contributed by atoms with Crippen LogP contribution < -0.4 is 4.90 Å². The average molecular weight is 739 g/mol. The number of nitrogens with zero attached hydrogens (tertiary/aromatic N) is 4. The number of anilines is 1. The molecule has 0 N–H and O–H groups in total. The predicted octanol–water partition coefficient (Wildman–Crippen LogP) is 5.23. The number of hydrogen-bond acceptors (Lipinski definition) is 9. The van der Waals surface area contributed by atoms with Crippen molar-refractivity contribution in [3.63, 3.8) is 0 Å². The minimum atomic E-state index is -3.34. The fraction of sp³-hybridized carbons (Fsp3) is 0.683. The molecule has 0 unspecified atom stereocenters. The van der Waals surface area contributed by atoms with Crippen molar-refractivity contribution < 1.29 is 27.1 Å². The highest BCUT2D eigenvalue weighted by Crippen LogP contribution is 2.54. The zero-order chi connectivity index (χ0) is 36.5. The van der Waals surface area contributed by atoms with Crippen molar-refractivity contribution >= 4 is 21.5 Å². The van der Waals surface area contributed by atoms with E-state index < -0.39 is 9.84 Å². The first kappa shape index (κ1) is 37.7. The fourth-order valence-corrected chi connectivity index (χ4v) is 12.2. The van der Waals surface area contributed by atoms with E-state index in [1.807, 2.05) is 32.4 Å². The van der Waals surface area contributed by atoms with E-state index in [1.165, 1.54) is 13.5 Å². The molecule has 5 fully saturated rings. The van der Waals surface area contributed by atoms with Gasteiger partial charge >= 0.3 is 5.97 Å². The van der Waals surface area contributed by atoms with E-state index in [-0.39, 0.29) is 34.0 Å². The van der Waals surface area contributed by atoms with Crippen LogP contribution in [0.15, 0.2) is 53.4 Å². The minimum Gasteiger partial charge on any atom is -0.469 e. The van der Waals surface area contributed by atoms with Crippen molar-refractivity contribution in [2.45, 2.75) is 78.9 Å². The number of benzene rings is 2. The summed E-state index contributed by atoms with van der Waals surface area (Å²) in [7, 11) is 2.00. The second-order valence-corrected chi connectivity index (χ2v) is 18.8. The van der Waals surface area contributed by atoms with E-state index in [1.54, 1.807) is 24.3 Å². The molecule has 52 heavy (non-hydrogen) atoms. The van der Waals surface area contributed by atoms with Gasteiger partial charge in [0.25, 0.3) is 0 Å². The zero-order valence-electron chi connectivity index (χ0n) is 31.5. The monoisotopic (exact) mass is 738 g/mol. The van der Waals surface area contributed by atoms with Gasteiger partial charge in [0, 0.05) is 37.7 Å². The molecule has 11 heteroatoms. The van der Waals surface area contributed by atoms with Gasteiger partial charge in [-0.15, -0.1) is 0 Å². The molecule has 4 heterocycles. The highest BCUT2D eigenvalue weighted by Gasteiger charge is 2.53. The summed E-state index contributed by atoms with van der Waals surface area (Å²) in [6.07, 6.45) is 8.19. The standard InChI is InChI=1S/C41H59FN4O5S/c1-43-21-17-37(18-22-43)52(48,49)36-13-11-35(12-14-36)46-28-40(29-46,51-3)27-45-23-15-32(16-24-45)41(30-44-19-6-20-44,33-8-5-9-34(42)26-33)38-10-4-7-31(38)25-39(47)50-2/h5,8-9,11-14,26,31-32,37-38H,4,6-7,10,15-25,27-30H2,1-3H3/t31-,38+,41+/m1/s1. The number of likely N-dealkylation sites (tertiary alicyclic amines) is 3. The molecule has 0 amide bonds. The number of carbonyl (C=O) groups is 1. The molecule has 4 saturated heterocycles. The molecular weight excluding hydrogens is 680 g/mol. The number of halogens is 1. The van der Waals surface area contributed by atoms with Crippen molar-refractivity contribution in [3.8, 4) is 0 Å². The SMILES string of the molecule is COC(=O)C[C@H]1CCC[C@@H]1[C@](CN1CCC1)(c1cccc(F)c1)C1CCN(CC2(OC)CN(c3ccc(S(=O)(=O)C4CCN(C)CC4)cc3)C2)CC1. The molecule has 9 nitrogen and oxygen atoms in total. The van der Waals surface area contributed by atoms with E-state index in [2.05, 4.69) is 25.7 Å². The summed E-state index contributed by atoms with van der Waals surface area (Å²) in [6, 6.07) is 14.8. The number of rotatable bonds is 13. The normalized spacial score (nSPS) is 26.4. The Morgan fingerprint density at radius 1 is 0.885 bits per heavy atom. The molecule has 3 atom stereocenters. The third-order valence-electron chi connectivity index (χ3n) is 13.6. The van der Waals surface area contributed by atoms with Gasteiger partial charge in [-0.05, 0) is 151 Å². The van der Waals surface area contributed by atoms with Gasteiger partial charge in [0.1, 0.15) is 11.4 Å². The van der Waals surface area contributed by atoms with Crippen molar-refractivity contribution in [1.29, 1.82) is 0 Å². The second-order valence-electron chi connectivity index (χ2n) is 16.6. The van der Waals surface area contributed by atoms with E-state index in [9.17, 15) is 13.2 Å². The van der Waals surface area contributed by atoms with E-state index in [4.69, 9.17) is 9.47 Å². The van der Waals surface area contributed by atoms with Gasteiger partial charge in [-0.3, -0.25) is 4.79 Å². The molecule has 2 aromatic rings. The fourth-order valence-electron chi connectivity index (χ4n) is 10.5. The molecule has 1 saturated carbocycles. The number of methoxy groups -OCH3 is 2. The van der Waals surface area contributed by atoms with E-state index >= 15 is 4.39 Å². The second kappa shape index (κ2) is 15.7. The van der Waals surface area contributed by atoms with Crippen LogP contribution in [0.2, 0.25) is 0 Å². The van der Waals surface area contributed by atoms with Crippen LogP contribution in [-0.4, -0.2) is 127 Å². The summed E-state index contributed by atoms with van der Waals surface area (Å²) < 4.78 is 53.1. The number of sulfone groups is 1. The van der Waals surface area contributed by atoms with Crippen molar-refractivity contribution in [2.75, 3.05) is 91.6 Å². The smallest absolute Gasteiger partial charge is 0.305 e. The highest BCUT2D eigenvalue weighted by molar-refractivity contribution is 7.92. The lowest BCUT2D eigenvalue weighted by atomic mass is 9.56. The van der Waals surface area contributed by atoms with Crippen molar-refractivity contribution in [1.82, 2.24) is 14.7 Å². The summed E-state index contributed by atoms with van der Waals surface area (Å²) in [6.45, 7) is 8.95. The van der Waals surface area contributed by atoms with Gasteiger partial charge in [-0.25, -0.2) is 12.8 Å². The summed E-state index contributed by atoms with van der Waals surface area (Å²) in [5.74, 6) is 0.570. The molecule has 0 spiro atoms. The average Bonchev–Trinajstić information content (AvgIpc) is 3.58. The van der Waals surface area contributed by atoms with Crippen LogP contribution in [0.25, 0.3) is 0 Å². The van der Waals surface area contributed by atoms with Gasteiger partial charge in [0.05, 0.1) is 30.3 Å². The molecule has 0 radical (unpaired) electrons. The minimum absolute atomic E-state index is 0.142. The number of piperidine rings is 2.